The van der Waals surface area contributed by atoms with E-state index in [0.717, 1.165) is 9.45 Å². The average Bonchev–Trinajstić information content (AvgIpc) is 2.23. The second-order valence-corrected chi connectivity index (χ2v) is 4.83. The minimum Gasteiger partial charge on any atom is -0.474 e. The Balaban J connectivity index is 1.99. The smallest absolute Gasteiger partial charge is 0.227 e. The van der Waals surface area contributed by atoms with Gasteiger partial charge in [0.15, 0.2) is 0 Å². The van der Waals surface area contributed by atoms with Gasteiger partial charge in [-0.05, 0) is 60.4 Å². The number of aromatic nitrogens is 1. The van der Waals surface area contributed by atoms with Crippen LogP contribution in [-0.2, 0) is 0 Å². The molecule has 1 fully saturated rings. The summed E-state index contributed by atoms with van der Waals surface area (Å²) >= 11 is 2.27. The van der Waals surface area contributed by atoms with Crippen molar-refractivity contribution in [1.29, 1.82) is 0 Å². The van der Waals surface area contributed by atoms with Gasteiger partial charge in [0.2, 0.25) is 5.88 Å². The van der Waals surface area contributed by atoms with Crippen LogP contribution in [0.5, 0.6) is 5.88 Å². The molecule has 3 heteroatoms. The highest BCUT2D eigenvalue weighted by Crippen LogP contribution is 2.24. The zero-order chi connectivity index (χ0) is 9.80. The molecule has 0 radical (unpaired) electrons. The van der Waals surface area contributed by atoms with Gasteiger partial charge >= 0.3 is 0 Å². The first-order chi connectivity index (χ1) is 6.86. The molecule has 1 aromatic rings. The Morgan fingerprint density at radius 2 is 2.07 bits per heavy atom. The zero-order valence-electron chi connectivity index (χ0n) is 8.08. The maximum Gasteiger partial charge on any atom is 0.227 e. The Labute approximate surface area is 98.2 Å². The summed E-state index contributed by atoms with van der Waals surface area (Å²) in [4.78, 5) is 4.24. The minimum absolute atomic E-state index is 0.396. The molecule has 1 aliphatic carbocycles. The molecule has 0 bridgehead atoms. The summed E-state index contributed by atoms with van der Waals surface area (Å²) in [7, 11) is 0. The van der Waals surface area contributed by atoms with Crippen LogP contribution in [0.2, 0.25) is 0 Å². The molecule has 0 atom stereocenters. The average molecular weight is 303 g/mol. The molecule has 0 amide bonds. The van der Waals surface area contributed by atoms with Crippen molar-refractivity contribution in [2.75, 3.05) is 0 Å². The van der Waals surface area contributed by atoms with Crippen LogP contribution in [0.4, 0.5) is 0 Å². The highest BCUT2D eigenvalue weighted by atomic mass is 127. The SMILES string of the molecule is Ic1cccnc1OC1CCCCC1. The predicted molar refractivity (Wildman–Crippen MR) is 64.5 cm³/mol. The third-order valence-corrected chi connectivity index (χ3v) is 3.38. The number of hydrogen-bond acceptors (Lipinski definition) is 2. The van der Waals surface area contributed by atoms with Crippen molar-refractivity contribution >= 4 is 22.6 Å². The molecular weight excluding hydrogens is 289 g/mol. The van der Waals surface area contributed by atoms with E-state index in [-0.39, 0.29) is 0 Å². The van der Waals surface area contributed by atoms with Crippen molar-refractivity contribution in [3.63, 3.8) is 0 Å². The van der Waals surface area contributed by atoms with E-state index in [0.29, 0.717) is 6.10 Å². The number of ether oxygens (including phenoxy) is 1. The van der Waals surface area contributed by atoms with Crippen molar-refractivity contribution in [3.8, 4) is 5.88 Å². The molecule has 2 rings (SSSR count). The first-order valence-electron chi connectivity index (χ1n) is 5.13. The fourth-order valence-corrected chi connectivity index (χ4v) is 2.27. The Hall–Kier alpha value is -0.320. The van der Waals surface area contributed by atoms with Gasteiger partial charge in [-0.15, -0.1) is 0 Å². The standard InChI is InChI=1S/C11H14INO/c12-10-7-4-8-13-11(10)14-9-5-2-1-3-6-9/h4,7-9H,1-3,5-6H2. The lowest BCUT2D eigenvalue weighted by Crippen LogP contribution is -2.20. The second kappa shape index (κ2) is 4.96. The molecule has 0 aromatic carbocycles. The molecule has 1 aromatic heterocycles. The van der Waals surface area contributed by atoms with Gasteiger partial charge in [0, 0.05) is 6.20 Å². The van der Waals surface area contributed by atoms with Crippen molar-refractivity contribution in [1.82, 2.24) is 4.98 Å². The van der Waals surface area contributed by atoms with Crippen LogP contribution in [0.3, 0.4) is 0 Å². The van der Waals surface area contributed by atoms with E-state index in [1.165, 1.54) is 32.1 Å². The van der Waals surface area contributed by atoms with Gasteiger partial charge < -0.3 is 4.74 Å². The Bertz CT molecular complexity index is 297. The van der Waals surface area contributed by atoms with Crippen LogP contribution in [0, 0.1) is 3.57 Å². The van der Waals surface area contributed by atoms with Crippen molar-refractivity contribution in [3.05, 3.63) is 21.9 Å². The molecule has 76 valence electrons. The van der Waals surface area contributed by atoms with E-state index in [1.807, 2.05) is 12.1 Å². The fourth-order valence-electron chi connectivity index (χ4n) is 1.80. The van der Waals surface area contributed by atoms with E-state index in [9.17, 15) is 0 Å². The molecule has 0 aliphatic heterocycles. The van der Waals surface area contributed by atoms with E-state index >= 15 is 0 Å². The third-order valence-electron chi connectivity index (χ3n) is 2.56. The van der Waals surface area contributed by atoms with Crippen LogP contribution in [-0.4, -0.2) is 11.1 Å². The largest absolute Gasteiger partial charge is 0.474 e. The lowest BCUT2D eigenvalue weighted by atomic mass is 9.98. The highest BCUT2D eigenvalue weighted by Gasteiger charge is 2.16. The Morgan fingerprint density at radius 1 is 1.29 bits per heavy atom. The summed E-state index contributed by atoms with van der Waals surface area (Å²) in [6, 6.07) is 3.97. The molecule has 0 saturated heterocycles. The molecule has 1 saturated carbocycles. The van der Waals surface area contributed by atoms with E-state index in [4.69, 9.17) is 4.74 Å². The van der Waals surface area contributed by atoms with Crippen LogP contribution in [0.1, 0.15) is 32.1 Å². The molecule has 14 heavy (non-hydrogen) atoms. The maximum atomic E-state index is 5.87. The first kappa shape index (κ1) is 10.2. The summed E-state index contributed by atoms with van der Waals surface area (Å²) in [6.45, 7) is 0. The number of hydrogen-bond donors (Lipinski definition) is 0. The van der Waals surface area contributed by atoms with Gasteiger partial charge in [0.25, 0.3) is 0 Å². The molecule has 0 spiro atoms. The minimum atomic E-state index is 0.396. The third kappa shape index (κ3) is 2.59. The molecule has 0 unspecified atom stereocenters. The van der Waals surface area contributed by atoms with E-state index < -0.39 is 0 Å². The van der Waals surface area contributed by atoms with Crippen LogP contribution < -0.4 is 4.74 Å². The van der Waals surface area contributed by atoms with Crippen molar-refractivity contribution in [2.24, 2.45) is 0 Å². The van der Waals surface area contributed by atoms with Gasteiger partial charge in [0.05, 0.1) is 3.57 Å². The quantitative estimate of drug-likeness (QED) is 0.781. The molecule has 1 aliphatic rings. The number of nitrogens with zero attached hydrogens (tertiary/aromatic N) is 1. The van der Waals surface area contributed by atoms with Crippen LogP contribution in [0.25, 0.3) is 0 Å². The Morgan fingerprint density at radius 3 is 2.79 bits per heavy atom. The summed E-state index contributed by atoms with van der Waals surface area (Å²) in [6.07, 6.45) is 8.52. The normalized spacial score (nSPS) is 18.1. The first-order valence-corrected chi connectivity index (χ1v) is 6.21. The molecule has 2 nitrogen and oxygen atoms in total. The maximum absolute atomic E-state index is 5.87. The highest BCUT2D eigenvalue weighted by molar-refractivity contribution is 14.1. The number of halogens is 1. The molecule has 1 heterocycles. The summed E-state index contributed by atoms with van der Waals surface area (Å²) in [5, 5.41) is 0. The van der Waals surface area contributed by atoms with Crippen LogP contribution in [0.15, 0.2) is 18.3 Å². The summed E-state index contributed by atoms with van der Waals surface area (Å²) in [5.74, 6) is 0.806. The van der Waals surface area contributed by atoms with Gasteiger partial charge in [-0.25, -0.2) is 4.98 Å². The number of rotatable bonds is 2. The van der Waals surface area contributed by atoms with Gasteiger partial charge in [-0.3, -0.25) is 0 Å². The lowest BCUT2D eigenvalue weighted by Gasteiger charge is -2.22. The molecule has 0 N–H and O–H groups in total. The summed E-state index contributed by atoms with van der Waals surface area (Å²) in [5.41, 5.74) is 0. The van der Waals surface area contributed by atoms with Gasteiger partial charge in [0.1, 0.15) is 6.10 Å². The topological polar surface area (TPSA) is 22.1 Å². The van der Waals surface area contributed by atoms with Crippen molar-refractivity contribution < 1.29 is 4.74 Å². The lowest BCUT2D eigenvalue weighted by molar-refractivity contribution is 0.147. The van der Waals surface area contributed by atoms with Crippen molar-refractivity contribution in [2.45, 2.75) is 38.2 Å². The fraction of sp³-hybridized carbons (Fsp3) is 0.545. The molecular formula is C11H14INO. The predicted octanol–water partition coefficient (Wildman–Crippen LogP) is 3.40. The van der Waals surface area contributed by atoms with E-state index in [1.54, 1.807) is 6.20 Å². The number of pyridine rings is 1. The van der Waals surface area contributed by atoms with Crippen LogP contribution >= 0.6 is 22.6 Å². The van der Waals surface area contributed by atoms with Gasteiger partial charge in [-0.1, -0.05) is 6.42 Å². The zero-order valence-corrected chi connectivity index (χ0v) is 10.2. The second-order valence-electron chi connectivity index (χ2n) is 3.67. The van der Waals surface area contributed by atoms with E-state index in [2.05, 4.69) is 27.6 Å². The monoisotopic (exact) mass is 303 g/mol. The Kier molecular flexibility index (Phi) is 3.61. The summed E-state index contributed by atoms with van der Waals surface area (Å²) < 4.78 is 6.97. The van der Waals surface area contributed by atoms with Gasteiger partial charge in [-0.2, -0.15) is 0 Å².